The summed E-state index contributed by atoms with van der Waals surface area (Å²) < 4.78 is 32.0. The largest absolute Gasteiger partial charge is 0.399 e. The number of epoxide rings is 1. The summed E-state index contributed by atoms with van der Waals surface area (Å²) in [5.41, 5.74) is 0. The highest BCUT2D eigenvalue weighted by atomic mass is 32.3. The third-order valence-corrected chi connectivity index (χ3v) is 1.43. The number of hydrogen-bond donors (Lipinski definition) is 0. The Balaban J connectivity index is 0.000000219. The van der Waals surface area contributed by atoms with E-state index in [0.29, 0.717) is 0 Å². The smallest absolute Gasteiger partial charge is 0.377 e. The zero-order valence-corrected chi connectivity index (χ0v) is 6.68. The van der Waals surface area contributed by atoms with Gasteiger partial charge in [0.15, 0.2) is 0 Å². The Morgan fingerprint density at radius 1 is 1.20 bits per heavy atom. The molecule has 0 amide bonds. The molecule has 0 radical (unpaired) electrons. The topological polar surface area (TPSA) is 65.1 Å². The average molecular weight is 170 g/mol. The molecule has 0 spiro atoms. The zero-order valence-electron chi connectivity index (χ0n) is 5.86. The first-order chi connectivity index (χ1) is 4.62. The summed E-state index contributed by atoms with van der Waals surface area (Å²) in [5.74, 6) is 0. The predicted molar refractivity (Wildman–Crippen MR) is 33.8 cm³/mol. The maximum atomic E-state index is 9.92. The van der Waals surface area contributed by atoms with Crippen LogP contribution >= 0.6 is 0 Å². The summed E-state index contributed by atoms with van der Waals surface area (Å²) in [7, 11) is -1.60. The van der Waals surface area contributed by atoms with Gasteiger partial charge in [-0.2, -0.15) is 8.42 Å². The highest BCUT2D eigenvalue weighted by Gasteiger charge is 2.01. The van der Waals surface area contributed by atoms with E-state index in [1.165, 1.54) is 0 Å². The zero-order chi connectivity index (χ0) is 8.04. The van der Waals surface area contributed by atoms with E-state index in [2.05, 4.69) is 13.1 Å². The minimum absolute atomic E-state index is 1.00. The summed E-state index contributed by atoms with van der Waals surface area (Å²) in [6.07, 6.45) is 0. The molecule has 62 valence electrons. The van der Waals surface area contributed by atoms with E-state index >= 15 is 0 Å². The standard InChI is InChI=1S/C2H6O4S.C2H4O/c1-5-7(3,4)6-2;1-2-3-1/h1-2H3;1-2H2. The van der Waals surface area contributed by atoms with Gasteiger partial charge in [0.1, 0.15) is 0 Å². The minimum Gasteiger partial charge on any atom is -0.377 e. The van der Waals surface area contributed by atoms with Gasteiger partial charge in [-0.3, -0.25) is 8.37 Å². The first-order valence-corrected chi connectivity index (χ1v) is 3.89. The lowest BCUT2D eigenvalue weighted by molar-refractivity contribution is 0.286. The molecule has 0 aromatic rings. The second kappa shape index (κ2) is 4.62. The molecular weight excluding hydrogens is 160 g/mol. The van der Waals surface area contributed by atoms with Crippen LogP contribution in [0.2, 0.25) is 0 Å². The lowest BCUT2D eigenvalue weighted by Crippen LogP contribution is -2.02. The molecule has 1 fully saturated rings. The molecule has 1 aliphatic heterocycles. The normalized spacial score (nSPS) is 15.4. The first kappa shape index (κ1) is 9.83. The Morgan fingerprint density at radius 3 is 1.50 bits per heavy atom. The highest BCUT2D eigenvalue weighted by molar-refractivity contribution is 7.81. The predicted octanol–water partition coefficient (Wildman–Crippen LogP) is -0.459. The number of rotatable bonds is 2. The summed E-state index contributed by atoms with van der Waals surface area (Å²) in [5, 5.41) is 0. The SMILES string of the molecule is C1CO1.COS(=O)(=O)OC. The van der Waals surface area contributed by atoms with Gasteiger partial charge in [0.25, 0.3) is 0 Å². The Kier molecular flexibility index (Phi) is 4.54. The van der Waals surface area contributed by atoms with Gasteiger partial charge in [-0.15, -0.1) is 0 Å². The van der Waals surface area contributed by atoms with Crippen molar-refractivity contribution in [2.24, 2.45) is 0 Å². The van der Waals surface area contributed by atoms with Crippen LogP contribution in [0.15, 0.2) is 0 Å². The summed E-state index contributed by atoms with van der Waals surface area (Å²) in [6, 6.07) is 0. The van der Waals surface area contributed by atoms with Crippen LogP contribution in [0.1, 0.15) is 0 Å². The number of hydrogen-bond acceptors (Lipinski definition) is 5. The summed E-state index contributed by atoms with van der Waals surface area (Å²) in [4.78, 5) is 0. The van der Waals surface area contributed by atoms with E-state index in [9.17, 15) is 8.42 Å². The quantitative estimate of drug-likeness (QED) is 0.525. The van der Waals surface area contributed by atoms with Crippen molar-refractivity contribution in [3.05, 3.63) is 0 Å². The molecule has 5 nitrogen and oxygen atoms in total. The van der Waals surface area contributed by atoms with E-state index in [-0.39, 0.29) is 0 Å². The number of ether oxygens (including phenoxy) is 1. The van der Waals surface area contributed by atoms with Crippen molar-refractivity contribution in [2.45, 2.75) is 0 Å². The monoisotopic (exact) mass is 170 g/mol. The Labute approximate surface area is 60.2 Å². The van der Waals surface area contributed by atoms with Crippen molar-refractivity contribution in [3.63, 3.8) is 0 Å². The molecular formula is C4H10O5S. The molecule has 1 aliphatic rings. The van der Waals surface area contributed by atoms with Gasteiger partial charge >= 0.3 is 10.4 Å². The van der Waals surface area contributed by atoms with E-state index in [1.54, 1.807) is 0 Å². The Bertz CT molecular complexity index is 146. The molecule has 0 saturated carbocycles. The van der Waals surface area contributed by atoms with Crippen LogP contribution in [0.4, 0.5) is 0 Å². The van der Waals surface area contributed by atoms with E-state index in [1.807, 2.05) is 0 Å². The van der Waals surface area contributed by atoms with Gasteiger partial charge in [-0.1, -0.05) is 0 Å². The molecule has 0 atom stereocenters. The van der Waals surface area contributed by atoms with Crippen LogP contribution in [-0.4, -0.2) is 35.9 Å². The third-order valence-electron chi connectivity index (χ3n) is 0.612. The molecule has 0 unspecified atom stereocenters. The van der Waals surface area contributed by atoms with Crippen molar-refractivity contribution in [1.82, 2.24) is 0 Å². The lowest BCUT2D eigenvalue weighted by atomic mass is 11.0. The summed E-state index contributed by atoms with van der Waals surface area (Å²) >= 11 is 0. The van der Waals surface area contributed by atoms with Crippen LogP contribution in [0.3, 0.4) is 0 Å². The highest BCUT2D eigenvalue weighted by Crippen LogP contribution is 1.86. The van der Waals surface area contributed by atoms with Crippen molar-refractivity contribution < 1.29 is 21.5 Å². The van der Waals surface area contributed by atoms with Crippen molar-refractivity contribution in [1.29, 1.82) is 0 Å². The van der Waals surface area contributed by atoms with Gasteiger partial charge in [0.2, 0.25) is 0 Å². The maximum Gasteiger partial charge on any atom is 0.399 e. The van der Waals surface area contributed by atoms with E-state index in [0.717, 1.165) is 27.4 Å². The molecule has 1 saturated heterocycles. The van der Waals surface area contributed by atoms with Crippen LogP contribution in [-0.2, 0) is 23.5 Å². The van der Waals surface area contributed by atoms with Crippen LogP contribution in [0.5, 0.6) is 0 Å². The minimum atomic E-state index is -3.66. The van der Waals surface area contributed by atoms with Gasteiger partial charge < -0.3 is 4.74 Å². The summed E-state index contributed by atoms with van der Waals surface area (Å²) in [6.45, 7) is 2.00. The fourth-order valence-corrected chi connectivity index (χ4v) is 0.204. The molecule has 6 heteroatoms. The Hall–Kier alpha value is -0.170. The molecule has 0 bridgehead atoms. The van der Waals surface area contributed by atoms with Crippen LogP contribution in [0.25, 0.3) is 0 Å². The lowest BCUT2D eigenvalue weighted by Gasteiger charge is -1.91. The second-order valence-electron chi connectivity index (χ2n) is 1.35. The third kappa shape index (κ3) is 7.83. The fraction of sp³-hybridized carbons (Fsp3) is 1.00. The molecule has 10 heavy (non-hydrogen) atoms. The van der Waals surface area contributed by atoms with Gasteiger partial charge in [0, 0.05) is 0 Å². The molecule has 0 aromatic carbocycles. The van der Waals surface area contributed by atoms with Gasteiger partial charge in [-0.05, 0) is 0 Å². The van der Waals surface area contributed by atoms with Crippen molar-refractivity contribution in [2.75, 3.05) is 27.4 Å². The fourth-order valence-electron chi connectivity index (χ4n) is 0.0680. The van der Waals surface area contributed by atoms with Crippen molar-refractivity contribution >= 4 is 10.4 Å². The second-order valence-corrected chi connectivity index (χ2v) is 2.84. The maximum absolute atomic E-state index is 9.92. The Morgan fingerprint density at radius 2 is 1.50 bits per heavy atom. The molecule has 1 rings (SSSR count). The molecule has 0 N–H and O–H groups in total. The van der Waals surface area contributed by atoms with E-state index < -0.39 is 10.4 Å². The van der Waals surface area contributed by atoms with Crippen molar-refractivity contribution in [3.8, 4) is 0 Å². The molecule has 1 heterocycles. The molecule has 0 aliphatic carbocycles. The first-order valence-electron chi connectivity index (χ1n) is 2.56. The van der Waals surface area contributed by atoms with E-state index in [4.69, 9.17) is 0 Å². The van der Waals surface area contributed by atoms with Crippen LogP contribution in [0, 0.1) is 0 Å². The average Bonchev–Trinajstić information content (AvgIpc) is 2.73. The molecule has 0 aromatic heterocycles. The van der Waals surface area contributed by atoms with Gasteiger partial charge in [-0.25, -0.2) is 0 Å². The van der Waals surface area contributed by atoms with Gasteiger partial charge in [0.05, 0.1) is 27.4 Å². The van der Waals surface area contributed by atoms with Crippen LogP contribution < -0.4 is 0 Å².